The van der Waals surface area contributed by atoms with Crippen molar-refractivity contribution in [3.8, 4) is 5.75 Å². The Morgan fingerprint density at radius 2 is 2.13 bits per heavy atom. The number of pyridine rings is 1. The maximum absolute atomic E-state index is 11.5. The fraction of sp³-hybridized carbons (Fsp3) is 0.182. The third-order valence-corrected chi connectivity index (χ3v) is 2.47. The lowest BCUT2D eigenvalue weighted by Crippen LogP contribution is -2.17. The van der Waals surface area contributed by atoms with Crippen LogP contribution in [-0.4, -0.2) is 11.7 Å². The molecule has 0 aliphatic heterocycles. The summed E-state index contributed by atoms with van der Waals surface area (Å²) < 4.78 is 6.74. The fourth-order valence-corrected chi connectivity index (χ4v) is 1.68. The summed E-state index contributed by atoms with van der Waals surface area (Å²) in [5.74, 6) is 0.652. The molecule has 0 fully saturated rings. The van der Waals surface area contributed by atoms with Crippen LogP contribution < -0.4 is 16.0 Å². The van der Waals surface area contributed by atoms with Crippen LogP contribution in [0.3, 0.4) is 0 Å². The molecule has 2 N–H and O–H groups in total. The van der Waals surface area contributed by atoms with Crippen molar-refractivity contribution in [3.63, 3.8) is 0 Å². The lowest BCUT2D eigenvalue weighted by molar-refractivity contribution is 0.417. The van der Waals surface area contributed by atoms with Gasteiger partial charge in [0.25, 0.3) is 5.56 Å². The zero-order chi connectivity index (χ0) is 11.0. The minimum atomic E-state index is -0.135. The summed E-state index contributed by atoms with van der Waals surface area (Å²) in [6.07, 6.45) is 0. The summed E-state index contributed by atoms with van der Waals surface area (Å²) in [5, 5.41) is 0.830. The molecule has 78 valence electrons. The number of aromatic nitrogens is 1. The zero-order valence-electron chi connectivity index (χ0n) is 8.65. The summed E-state index contributed by atoms with van der Waals surface area (Å²) in [7, 11) is 3.27. The molecule has 1 aromatic carbocycles. The van der Waals surface area contributed by atoms with Gasteiger partial charge in [-0.2, -0.15) is 0 Å². The molecule has 0 spiro atoms. The van der Waals surface area contributed by atoms with Gasteiger partial charge in [0.1, 0.15) is 5.75 Å². The predicted molar refractivity (Wildman–Crippen MR) is 60.2 cm³/mol. The highest BCUT2D eigenvalue weighted by Gasteiger charge is 2.08. The molecule has 2 aromatic rings. The van der Waals surface area contributed by atoms with Crippen LogP contribution in [0.1, 0.15) is 0 Å². The van der Waals surface area contributed by atoms with Crippen molar-refractivity contribution in [2.75, 3.05) is 12.8 Å². The molecule has 0 aliphatic carbocycles. The Labute approximate surface area is 86.9 Å². The van der Waals surface area contributed by atoms with Gasteiger partial charge < -0.3 is 15.0 Å². The first kappa shape index (κ1) is 9.58. The first-order valence-corrected chi connectivity index (χ1v) is 4.57. The fourth-order valence-electron chi connectivity index (χ4n) is 1.68. The first-order chi connectivity index (χ1) is 7.15. The number of nitrogens with two attached hydrogens (primary N) is 1. The molecule has 0 saturated carbocycles. The number of para-hydroxylation sites is 1. The van der Waals surface area contributed by atoms with E-state index in [0.717, 1.165) is 10.9 Å². The van der Waals surface area contributed by atoms with E-state index in [2.05, 4.69) is 0 Å². The molecular weight excluding hydrogens is 192 g/mol. The largest absolute Gasteiger partial charge is 0.495 e. The molecular formula is C11H12N2O2. The first-order valence-electron chi connectivity index (χ1n) is 4.57. The number of ether oxygens (including phenoxy) is 1. The van der Waals surface area contributed by atoms with E-state index in [4.69, 9.17) is 10.5 Å². The summed E-state index contributed by atoms with van der Waals surface area (Å²) in [4.78, 5) is 11.5. The maximum atomic E-state index is 11.5. The number of rotatable bonds is 1. The molecule has 1 aromatic heterocycles. The second-order valence-corrected chi connectivity index (χ2v) is 3.35. The van der Waals surface area contributed by atoms with E-state index in [1.54, 1.807) is 20.2 Å². The van der Waals surface area contributed by atoms with Crippen LogP contribution in [0, 0.1) is 0 Å². The van der Waals surface area contributed by atoms with Crippen molar-refractivity contribution >= 4 is 16.6 Å². The number of nitrogens with zero attached hydrogens (tertiary/aromatic N) is 1. The Hall–Kier alpha value is -1.97. The molecule has 4 heteroatoms. The lowest BCUT2D eigenvalue weighted by atomic mass is 10.1. The number of aryl methyl sites for hydroxylation is 1. The normalized spacial score (nSPS) is 10.5. The smallest absolute Gasteiger partial charge is 0.252 e. The van der Waals surface area contributed by atoms with Crippen molar-refractivity contribution in [2.45, 2.75) is 0 Å². The van der Waals surface area contributed by atoms with Gasteiger partial charge in [-0.25, -0.2) is 0 Å². The van der Waals surface area contributed by atoms with Gasteiger partial charge in [0.15, 0.2) is 0 Å². The summed E-state index contributed by atoms with van der Waals surface area (Å²) >= 11 is 0. The van der Waals surface area contributed by atoms with Crippen LogP contribution in [0.5, 0.6) is 5.75 Å². The number of hydrogen-bond donors (Lipinski definition) is 1. The van der Waals surface area contributed by atoms with E-state index < -0.39 is 0 Å². The minimum Gasteiger partial charge on any atom is -0.495 e. The number of hydrogen-bond acceptors (Lipinski definition) is 3. The Balaban J connectivity index is 3.03. The third-order valence-electron chi connectivity index (χ3n) is 2.47. The van der Waals surface area contributed by atoms with Gasteiger partial charge in [0.2, 0.25) is 0 Å². The van der Waals surface area contributed by atoms with Gasteiger partial charge in [-0.1, -0.05) is 12.1 Å². The van der Waals surface area contributed by atoms with Gasteiger partial charge >= 0.3 is 0 Å². The SMILES string of the molecule is COc1cccc2c(N)cc(=O)n(C)c12. The average Bonchev–Trinajstić information content (AvgIpc) is 2.25. The molecule has 0 atom stereocenters. The van der Waals surface area contributed by atoms with E-state index in [-0.39, 0.29) is 5.56 Å². The average molecular weight is 204 g/mol. The second-order valence-electron chi connectivity index (χ2n) is 3.35. The molecule has 0 bridgehead atoms. The molecule has 1 heterocycles. The molecule has 2 rings (SSSR count). The van der Waals surface area contributed by atoms with Crippen LogP contribution in [0.15, 0.2) is 29.1 Å². The highest BCUT2D eigenvalue weighted by molar-refractivity contribution is 5.94. The molecule has 0 unspecified atom stereocenters. The van der Waals surface area contributed by atoms with E-state index in [9.17, 15) is 4.79 Å². The Kier molecular flexibility index (Phi) is 2.11. The van der Waals surface area contributed by atoms with Crippen LogP contribution >= 0.6 is 0 Å². The van der Waals surface area contributed by atoms with Gasteiger partial charge in [0.05, 0.1) is 12.6 Å². The van der Waals surface area contributed by atoms with Crippen LogP contribution in [0.4, 0.5) is 5.69 Å². The minimum absolute atomic E-state index is 0.135. The van der Waals surface area contributed by atoms with Crippen LogP contribution in [0.2, 0.25) is 0 Å². The number of fused-ring (bicyclic) bond motifs is 1. The molecule has 0 aliphatic rings. The summed E-state index contributed by atoms with van der Waals surface area (Å²) in [5.41, 5.74) is 6.85. The number of anilines is 1. The van der Waals surface area contributed by atoms with Gasteiger partial charge in [-0.05, 0) is 6.07 Å². The van der Waals surface area contributed by atoms with Crippen LogP contribution in [0.25, 0.3) is 10.9 Å². The van der Waals surface area contributed by atoms with E-state index in [0.29, 0.717) is 11.4 Å². The molecule has 0 saturated heterocycles. The van der Waals surface area contributed by atoms with E-state index in [1.807, 2.05) is 12.1 Å². The highest BCUT2D eigenvalue weighted by atomic mass is 16.5. The Bertz CT molecular complexity index is 573. The predicted octanol–water partition coefficient (Wildman–Crippen LogP) is 1.13. The van der Waals surface area contributed by atoms with Gasteiger partial charge in [-0.15, -0.1) is 0 Å². The number of nitrogen functional groups attached to an aromatic ring is 1. The summed E-state index contributed by atoms with van der Waals surface area (Å²) in [6.45, 7) is 0. The molecule has 0 amide bonds. The summed E-state index contributed by atoms with van der Waals surface area (Å²) in [6, 6.07) is 6.94. The van der Waals surface area contributed by atoms with Crippen molar-refractivity contribution < 1.29 is 4.74 Å². The van der Waals surface area contributed by atoms with Crippen LogP contribution in [-0.2, 0) is 7.05 Å². The molecule has 4 nitrogen and oxygen atoms in total. The molecule has 15 heavy (non-hydrogen) atoms. The van der Waals surface area contributed by atoms with E-state index in [1.165, 1.54) is 10.6 Å². The third kappa shape index (κ3) is 1.34. The zero-order valence-corrected chi connectivity index (χ0v) is 8.65. The standard InChI is InChI=1S/C11H12N2O2/c1-13-10(14)6-8(12)7-4-3-5-9(15-2)11(7)13/h3-6H,12H2,1-2H3. The highest BCUT2D eigenvalue weighted by Crippen LogP contribution is 2.26. The molecule has 0 radical (unpaired) electrons. The van der Waals surface area contributed by atoms with Crippen molar-refractivity contribution in [3.05, 3.63) is 34.6 Å². The lowest BCUT2D eigenvalue weighted by Gasteiger charge is -2.10. The number of methoxy groups -OCH3 is 1. The van der Waals surface area contributed by atoms with E-state index >= 15 is 0 Å². The second kappa shape index (κ2) is 3.31. The van der Waals surface area contributed by atoms with Gasteiger partial charge in [-0.3, -0.25) is 4.79 Å². The van der Waals surface area contributed by atoms with Crippen molar-refractivity contribution in [2.24, 2.45) is 7.05 Å². The monoisotopic (exact) mass is 204 g/mol. The quantitative estimate of drug-likeness (QED) is 0.757. The Morgan fingerprint density at radius 3 is 2.80 bits per heavy atom. The number of benzene rings is 1. The van der Waals surface area contributed by atoms with Gasteiger partial charge in [0, 0.05) is 24.2 Å². The maximum Gasteiger partial charge on any atom is 0.252 e. The van der Waals surface area contributed by atoms with Crippen molar-refractivity contribution in [1.82, 2.24) is 4.57 Å². The Morgan fingerprint density at radius 1 is 1.40 bits per heavy atom. The topological polar surface area (TPSA) is 57.2 Å². The van der Waals surface area contributed by atoms with Crippen molar-refractivity contribution in [1.29, 1.82) is 0 Å².